The van der Waals surface area contributed by atoms with Gasteiger partial charge in [0.25, 0.3) is 0 Å². The van der Waals surface area contributed by atoms with Gasteiger partial charge in [0.1, 0.15) is 6.54 Å². The molecule has 0 spiro atoms. The highest BCUT2D eigenvalue weighted by Gasteiger charge is 2.23. The summed E-state index contributed by atoms with van der Waals surface area (Å²) in [6.45, 7) is 2.31. The number of carbonyl (C=O) groups excluding carboxylic acids is 2. The molecule has 4 rings (SSSR count). The third kappa shape index (κ3) is 3.55. The quantitative estimate of drug-likeness (QED) is 0.732. The zero-order valence-electron chi connectivity index (χ0n) is 16.0. The summed E-state index contributed by atoms with van der Waals surface area (Å²) in [6, 6.07) is 9.73. The van der Waals surface area contributed by atoms with E-state index in [1.54, 1.807) is 34.8 Å². The van der Waals surface area contributed by atoms with Gasteiger partial charge in [0.05, 0.1) is 42.7 Å². The Labute approximate surface area is 162 Å². The zero-order valence-corrected chi connectivity index (χ0v) is 16.0. The largest absolute Gasteiger partial charge is 0.349 e. The van der Waals surface area contributed by atoms with Gasteiger partial charge in [-0.3, -0.25) is 14.2 Å². The maximum atomic E-state index is 12.3. The van der Waals surface area contributed by atoms with E-state index in [9.17, 15) is 9.59 Å². The van der Waals surface area contributed by atoms with Gasteiger partial charge in [-0.1, -0.05) is 18.2 Å². The molecule has 0 bridgehead atoms. The lowest BCUT2D eigenvalue weighted by Crippen LogP contribution is -2.43. The number of rotatable bonds is 4. The van der Waals surface area contributed by atoms with Crippen molar-refractivity contribution in [2.75, 3.05) is 20.6 Å². The summed E-state index contributed by atoms with van der Waals surface area (Å²) in [4.78, 5) is 27.8. The molecule has 9 nitrogen and oxygen atoms in total. The lowest BCUT2D eigenvalue weighted by molar-refractivity contribution is -0.121. The van der Waals surface area contributed by atoms with Crippen molar-refractivity contribution < 1.29 is 9.59 Å². The average Bonchev–Trinajstić information content (AvgIpc) is 3.29. The molecule has 1 N–H and O–H groups in total. The minimum atomic E-state index is -0.121. The van der Waals surface area contributed by atoms with Crippen molar-refractivity contribution >= 4 is 22.8 Å². The molecule has 3 heterocycles. The molecule has 0 saturated carbocycles. The minimum absolute atomic E-state index is 0.00579. The number of hydrogen-bond donors (Lipinski definition) is 1. The third-order valence-electron chi connectivity index (χ3n) is 4.81. The number of amides is 3. The number of aromatic nitrogens is 4. The molecule has 28 heavy (non-hydrogen) atoms. The first-order valence-corrected chi connectivity index (χ1v) is 9.20. The van der Waals surface area contributed by atoms with Crippen LogP contribution in [-0.4, -0.2) is 61.9 Å². The fourth-order valence-corrected chi connectivity index (χ4v) is 3.39. The summed E-state index contributed by atoms with van der Waals surface area (Å²) in [5.41, 5.74) is 2.69. The van der Waals surface area contributed by atoms with Crippen molar-refractivity contribution in [2.45, 2.75) is 26.2 Å². The molecule has 0 unspecified atom stereocenters. The number of nitrogens with one attached hydrogen (secondary N) is 1. The molecule has 0 radical (unpaired) electrons. The first kappa shape index (κ1) is 18.0. The number of nitrogens with zero attached hydrogens (tertiary/aromatic N) is 6. The lowest BCUT2D eigenvalue weighted by Gasteiger charge is -2.29. The number of para-hydroxylation sites is 1. The van der Waals surface area contributed by atoms with E-state index >= 15 is 0 Å². The SMILES string of the molecule is CN(C)C(=O)N1CCn2nc(CNC(=O)Cn3ncc4ccccc43)cc2C1. The Morgan fingerprint density at radius 2 is 2.04 bits per heavy atom. The topological polar surface area (TPSA) is 88.3 Å². The normalized spacial score (nSPS) is 13.4. The monoisotopic (exact) mass is 381 g/mol. The highest BCUT2D eigenvalue weighted by Crippen LogP contribution is 2.15. The standard InChI is InChI=1S/C19H23N7O2/c1-23(2)19(28)24-7-8-25-16(12-24)9-15(22-25)11-20-18(27)13-26-17-6-4-3-5-14(17)10-21-26/h3-6,9-10H,7-8,11-13H2,1-2H3,(H,20,27). The second-order valence-electron chi connectivity index (χ2n) is 7.09. The van der Waals surface area contributed by atoms with E-state index in [-0.39, 0.29) is 18.5 Å². The summed E-state index contributed by atoms with van der Waals surface area (Å²) in [7, 11) is 3.50. The van der Waals surface area contributed by atoms with E-state index in [2.05, 4.69) is 15.5 Å². The smallest absolute Gasteiger partial charge is 0.319 e. The van der Waals surface area contributed by atoms with Crippen molar-refractivity contribution in [3.05, 3.63) is 47.9 Å². The highest BCUT2D eigenvalue weighted by molar-refractivity contribution is 5.81. The van der Waals surface area contributed by atoms with Gasteiger partial charge < -0.3 is 15.1 Å². The Bertz CT molecular complexity index is 1020. The van der Waals surface area contributed by atoms with E-state index in [0.29, 0.717) is 26.2 Å². The predicted molar refractivity (Wildman–Crippen MR) is 103 cm³/mol. The Hall–Kier alpha value is -3.36. The highest BCUT2D eigenvalue weighted by atomic mass is 16.2. The molecule has 0 atom stereocenters. The van der Waals surface area contributed by atoms with Crippen molar-refractivity contribution in [2.24, 2.45) is 0 Å². The number of urea groups is 1. The molecule has 9 heteroatoms. The van der Waals surface area contributed by atoms with Gasteiger partial charge in [0.2, 0.25) is 5.91 Å². The summed E-state index contributed by atoms with van der Waals surface area (Å²) in [6.07, 6.45) is 1.76. The molecule has 3 aromatic rings. The van der Waals surface area contributed by atoms with Gasteiger partial charge in [-0.05, 0) is 12.1 Å². The Balaban J connectivity index is 1.36. The van der Waals surface area contributed by atoms with Gasteiger partial charge >= 0.3 is 6.03 Å². The number of carbonyl (C=O) groups is 2. The van der Waals surface area contributed by atoms with Crippen LogP contribution in [0.2, 0.25) is 0 Å². The van der Waals surface area contributed by atoms with Gasteiger partial charge in [-0.15, -0.1) is 0 Å². The molecule has 1 aliphatic rings. The van der Waals surface area contributed by atoms with Crippen LogP contribution < -0.4 is 5.32 Å². The van der Waals surface area contributed by atoms with E-state index < -0.39 is 0 Å². The molecular weight excluding hydrogens is 358 g/mol. The van der Waals surface area contributed by atoms with Crippen LogP contribution in [0.5, 0.6) is 0 Å². The van der Waals surface area contributed by atoms with Crippen LogP contribution in [0.3, 0.4) is 0 Å². The van der Waals surface area contributed by atoms with Crippen LogP contribution in [0.25, 0.3) is 10.9 Å². The summed E-state index contributed by atoms with van der Waals surface area (Å²) in [5, 5.41) is 12.7. The van der Waals surface area contributed by atoms with E-state index in [4.69, 9.17) is 0 Å². The van der Waals surface area contributed by atoms with E-state index in [1.165, 1.54) is 0 Å². The Kier molecular flexibility index (Phi) is 4.72. The molecule has 3 amide bonds. The van der Waals surface area contributed by atoms with Crippen LogP contribution >= 0.6 is 0 Å². The van der Waals surface area contributed by atoms with Crippen LogP contribution in [0, 0.1) is 0 Å². The number of fused-ring (bicyclic) bond motifs is 2. The minimum Gasteiger partial charge on any atom is -0.349 e. The van der Waals surface area contributed by atoms with Gasteiger partial charge in [0, 0.05) is 26.0 Å². The molecule has 0 aliphatic carbocycles. The van der Waals surface area contributed by atoms with E-state index in [1.807, 2.05) is 35.0 Å². The molecule has 1 aromatic carbocycles. The summed E-state index contributed by atoms with van der Waals surface area (Å²) in [5.74, 6) is -0.121. The van der Waals surface area contributed by atoms with E-state index in [0.717, 1.165) is 22.3 Å². The van der Waals surface area contributed by atoms with Crippen molar-refractivity contribution in [3.8, 4) is 0 Å². The molecule has 1 aliphatic heterocycles. The molecular formula is C19H23N7O2. The zero-order chi connectivity index (χ0) is 19.7. The van der Waals surface area contributed by atoms with Gasteiger partial charge in [0.15, 0.2) is 0 Å². The van der Waals surface area contributed by atoms with Crippen molar-refractivity contribution in [1.82, 2.24) is 34.7 Å². The lowest BCUT2D eigenvalue weighted by atomic mass is 10.2. The maximum absolute atomic E-state index is 12.3. The van der Waals surface area contributed by atoms with Crippen LogP contribution in [0.15, 0.2) is 36.5 Å². The second-order valence-corrected chi connectivity index (χ2v) is 7.09. The molecule has 146 valence electrons. The first-order chi connectivity index (χ1) is 13.5. The number of hydrogen-bond acceptors (Lipinski definition) is 4. The third-order valence-corrected chi connectivity index (χ3v) is 4.81. The first-order valence-electron chi connectivity index (χ1n) is 9.20. The fourth-order valence-electron chi connectivity index (χ4n) is 3.39. The number of benzene rings is 1. The predicted octanol–water partition coefficient (Wildman–Crippen LogP) is 1.05. The molecule has 0 fully saturated rings. The Morgan fingerprint density at radius 1 is 1.21 bits per heavy atom. The molecule has 2 aromatic heterocycles. The Morgan fingerprint density at radius 3 is 2.86 bits per heavy atom. The molecule has 0 saturated heterocycles. The van der Waals surface area contributed by atoms with Crippen molar-refractivity contribution in [1.29, 1.82) is 0 Å². The van der Waals surface area contributed by atoms with Gasteiger partial charge in [-0.2, -0.15) is 10.2 Å². The van der Waals surface area contributed by atoms with Crippen molar-refractivity contribution in [3.63, 3.8) is 0 Å². The fraction of sp³-hybridized carbons (Fsp3) is 0.368. The van der Waals surface area contributed by atoms with Crippen LogP contribution in [0.4, 0.5) is 4.79 Å². The van der Waals surface area contributed by atoms with Gasteiger partial charge in [-0.25, -0.2) is 4.79 Å². The average molecular weight is 381 g/mol. The van der Waals surface area contributed by atoms with Crippen LogP contribution in [-0.2, 0) is 31.0 Å². The summed E-state index contributed by atoms with van der Waals surface area (Å²) >= 11 is 0. The maximum Gasteiger partial charge on any atom is 0.319 e. The van der Waals surface area contributed by atoms with Crippen LogP contribution in [0.1, 0.15) is 11.4 Å². The summed E-state index contributed by atoms with van der Waals surface area (Å²) < 4.78 is 3.59. The second kappa shape index (κ2) is 7.34.